The normalized spacial score (nSPS) is 17.1. The Balaban J connectivity index is 1.52. The van der Waals surface area contributed by atoms with Crippen LogP contribution in [0, 0.1) is 0 Å². The van der Waals surface area contributed by atoms with Crippen LogP contribution < -0.4 is 5.32 Å². The number of Topliss-reactive ketones (excluding diaryl/α,β-unsaturated/α-hetero) is 1. The first-order valence-corrected chi connectivity index (χ1v) is 10.9. The van der Waals surface area contributed by atoms with E-state index in [0.717, 1.165) is 5.56 Å². The zero-order valence-corrected chi connectivity index (χ0v) is 18.6. The lowest BCUT2D eigenvalue weighted by atomic mass is 10.1. The number of allylic oxidation sites excluding steroid dienone is 4. The van der Waals surface area contributed by atoms with Crippen molar-refractivity contribution in [3.8, 4) is 0 Å². The number of nitrogens with zero attached hydrogens (tertiary/aromatic N) is 2. The van der Waals surface area contributed by atoms with Crippen LogP contribution in [0.5, 0.6) is 0 Å². The summed E-state index contributed by atoms with van der Waals surface area (Å²) in [5.41, 5.74) is 2.55. The number of para-hydroxylation sites is 1. The molecule has 0 spiro atoms. The van der Waals surface area contributed by atoms with E-state index in [1.807, 2.05) is 73.0 Å². The zero-order valence-electron chi connectivity index (χ0n) is 17.9. The lowest BCUT2D eigenvalue weighted by Gasteiger charge is -2.20. The molecule has 1 aliphatic heterocycles. The van der Waals surface area contributed by atoms with Crippen molar-refractivity contribution in [2.45, 2.75) is 13.0 Å². The SMILES string of the molecule is O=C(Nc1ccccc1)c1cnc(C(=O)/C2=C/N(Cc3ccc(Cl)cc3)C/C=C\C=C/C2)[nH]1. The van der Waals surface area contributed by atoms with Gasteiger partial charge in [0.25, 0.3) is 5.91 Å². The van der Waals surface area contributed by atoms with Crippen LogP contribution in [0.15, 0.2) is 96.9 Å². The molecule has 1 aliphatic rings. The summed E-state index contributed by atoms with van der Waals surface area (Å²) in [4.78, 5) is 34.8. The fraction of sp³-hybridized carbons (Fsp3) is 0.115. The van der Waals surface area contributed by atoms with Gasteiger partial charge in [-0.25, -0.2) is 4.98 Å². The molecule has 0 aliphatic carbocycles. The number of anilines is 1. The Labute approximate surface area is 197 Å². The van der Waals surface area contributed by atoms with Crippen LogP contribution in [-0.2, 0) is 6.54 Å². The maximum Gasteiger partial charge on any atom is 0.273 e. The summed E-state index contributed by atoms with van der Waals surface area (Å²) in [5.74, 6) is -0.474. The average Bonchev–Trinajstić information content (AvgIpc) is 3.35. The maximum absolute atomic E-state index is 13.2. The van der Waals surface area contributed by atoms with Gasteiger partial charge in [0.05, 0.1) is 6.20 Å². The van der Waals surface area contributed by atoms with Gasteiger partial charge in [-0.05, 0) is 36.2 Å². The van der Waals surface area contributed by atoms with Crippen LogP contribution in [0.1, 0.15) is 33.1 Å². The lowest BCUT2D eigenvalue weighted by molar-refractivity contribution is 0.102. The Kier molecular flexibility index (Phi) is 7.17. The Hall–Kier alpha value is -3.90. The van der Waals surface area contributed by atoms with Gasteiger partial charge in [-0.2, -0.15) is 0 Å². The van der Waals surface area contributed by atoms with E-state index in [1.165, 1.54) is 6.20 Å². The summed E-state index contributed by atoms with van der Waals surface area (Å²) in [5, 5.41) is 3.47. The monoisotopic (exact) mass is 458 g/mol. The van der Waals surface area contributed by atoms with Gasteiger partial charge in [-0.15, -0.1) is 0 Å². The first-order valence-electron chi connectivity index (χ1n) is 10.6. The van der Waals surface area contributed by atoms with Crippen molar-refractivity contribution >= 4 is 29.0 Å². The Morgan fingerprint density at radius 1 is 1.03 bits per heavy atom. The van der Waals surface area contributed by atoms with Crippen LogP contribution in [0.25, 0.3) is 0 Å². The highest BCUT2D eigenvalue weighted by atomic mass is 35.5. The minimum absolute atomic E-state index is 0.131. The standard InChI is InChI=1S/C26H23ClN4O2/c27-21-13-11-19(12-14-21)17-31-15-7-2-1-4-8-20(18-31)24(32)25-28-16-23(30-25)26(33)29-22-9-5-3-6-10-22/h1-7,9-14,16,18H,8,15,17H2,(H,28,30)(H,29,33)/b4-1-,7-2-,20-18+. The number of imidazole rings is 1. The number of nitrogens with one attached hydrogen (secondary N) is 2. The molecule has 0 unspecified atom stereocenters. The molecule has 166 valence electrons. The Bertz CT molecular complexity index is 1210. The number of H-pyrrole nitrogens is 1. The molecule has 1 amide bonds. The van der Waals surface area contributed by atoms with Crippen LogP contribution in [0.4, 0.5) is 5.69 Å². The van der Waals surface area contributed by atoms with E-state index in [1.54, 1.807) is 12.1 Å². The number of rotatable bonds is 6. The molecule has 0 saturated heterocycles. The highest BCUT2D eigenvalue weighted by Crippen LogP contribution is 2.17. The number of hydrogen-bond donors (Lipinski definition) is 2. The number of aromatic amines is 1. The zero-order chi connectivity index (χ0) is 23.0. The maximum atomic E-state index is 13.2. The molecule has 0 atom stereocenters. The third-order valence-corrected chi connectivity index (χ3v) is 5.31. The van der Waals surface area contributed by atoms with Crippen molar-refractivity contribution < 1.29 is 9.59 Å². The minimum Gasteiger partial charge on any atom is -0.369 e. The number of ketones is 1. The summed E-state index contributed by atoms with van der Waals surface area (Å²) in [7, 11) is 0. The van der Waals surface area contributed by atoms with E-state index in [-0.39, 0.29) is 23.2 Å². The third kappa shape index (κ3) is 6.08. The number of benzene rings is 2. The van der Waals surface area contributed by atoms with Gasteiger partial charge in [-0.3, -0.25) is 9.59 Å². The van der Waals surface area contributed by atoms with E-state index in [2.05, 4.69) is 20.2 Å². The van der Waals surface area contributed by atoms with Crippen molar-refractivity contribution in [1.82, 2.24) is 14.9 Å². The molecule has 7 heteroatoms. The molecule has 33 heavy (non-hydrogen) atoms. The largest absolute Gasteiger partial charge is 0.369 e. The van der Waals surface area contributed by atoms with Gasteiger partial charge in [0.1, 0.15) is 5.69 Å². The molecule has 3 aromatic rings. The fourth-order valence-electron chi connectivity index (χ4n) is 3.38. The third-order valence-electron chi connectivity index (χ3n) is 5.06. The highest BCUT2D eigenvalue weighted by molar-refractivity contribution is 6.30. The molecular weight excluding hydrogens is 436 g/mol. The van der Waals surface area contributed by atoms with Crippen LogP contribution in [0.3, 0.4) is 0 Å². The number of aromatic nitrogens is 2. The molecule has 2 aromatic carbocycles. The molecule has 1 aromatic heterocycles. The number of carbonyl (C=O) groups excluding carboxylic acids is 2. The molecule has 2 N–H and O–H groups in total. The van der Waals surface area contributed by atoms with Gasteiger partial charge < -0.3 is 15.2 Å². The van der Waals surface area contributed by atoms with E-state index in [4.69, 9.17) is 11.6 Å². The van der Waals surface area contributed by atoms with Gasteiger partial charge in [0.2, 0.25) is 5.78 Å². The predicted molar refractivity (Wildman–Crippen MR) is 130 cm³/mol. The Morgan fingerprint density at radius 3 is 2.58 bits per heavy atom. The summed E-state index contributed by atoms with van der Waals surface area (Å²) in [6.07, 6.45) is 11.6. The average molecular weight is 459 g/mol. The molecule has 0 fully saturated rings. The predicted octanol–water partition coefficient (Wildman–Crippen LogP) is 5.40. The summed E-state index contributed by atoms with van der Waals surface area (Å²) in [6.45, 7) is 1.27. The smallest absolute Gasteiger partial charge is 0.273 e. The first kappa shape index (κ1) is 22.3. The van der Waals surface area contributed by atoms with Gasteiger partial charge in [-0.1, -0.05) is 66.2 Å². The van der Waals surface area contributed by atoms with E-state index < -0.39 is 0 Å². The van der Waals surface area contributed by atoms with Crippen LogP contribution in [-0.4, -0.2) is 33.1 Å². The van der Waals surface area contributed by atoms with E-state index in [0.29, 0.717) is 35.8 Å². The second kappa shape index (κ2) is 10.6. The molecule has 2 heterocycles. The second-order valence-corrected chi connectivity index (χ2v) is 8.00. The van der Waals surface area contributed by atoms with E-state index >= 15 is 0 Å². The van der Waals surface area contributed by atoms with Crippen LogP contribution >= 0.6 is 11.6 Å². The molecule has 6 nitrogen and oxygen atoms in total. The Morgan fingerprint density at radius 2 is 1.79 bits per heavy atom. The van der Waals surface area contributed by atoms with Gasteiger partial charge >= 0.3 is 0 Å². The van der Waals surface area contributed by atoms with Crippen LogP contribution in [0.2, 0.25) is 5.02 Å². The minimum atomic E-state index is -0.357. The summed E-state index contributed by atoms with van der Waals surface area (Å²) < 4.78 is 0. The summed E-state index contributed by atoms with van der Waals surface area (Å²) >= 11 is 6.00. The molecule has 0 radical (unpaired) electrons. The molecule has 0 bridgehead atoms. The highest BCUT2D eigenvalue weighted by Gasteiger charge is 2.19. The second-order valence-electron chi connectivity index (χ2n) is 7.57. The van der Waals surface area contributed by atoms with Crippen molar-refractivity contribution in [3.05, 3.63) is 119 Å². The number of halogens is 1. The topological polar surface area (TPSA) is 78.1 Å². The van der Waals surface area contributed by atoms with Crippen molar-refractivity contribution in [1.29, 1.82) is 0 Å². The van der Waals surface area contributed by atoms with Gasteiger partial charge in [0.15, 0.2) is 5.82 Å². The number of amides is 1. The van der Waals surface area contributed by atoms with Crippen molar-refractivity contribution in [2.24, 2.45) is 0 Å². The molecule has 0 saturated carbocycles. The molecular formula is C26H23ClN4O2. The van der Waals surface area contributed by atoms with Gasteiger partial charge in [0, 0.05) is 35.6 Å². The summed E-state index contributed by atoms with van der Waals surface area (Å²) in [6, 6.07) is 16.8. The quantitative estimate of drug-likeness (QED) is 0.485. The van der Waals surface area contributed by atoms with Crippen molar-refractivity contribution in [2.75, 3.05) is 11.9 Å². The number of hydrogen-bond acceptors (Lipinski definition) is 4. The number of carbonyl (C=O) groups is 2. The van der Waals surface area contributed by atoms with Crippen molar-refractivity contribution in [3.63, 3.8) is 0 Å². The lowest BCUT2D eigenvalue weighted by Crippen LogP contribution is -2.19. The molecule has 4 rings (SSSR count). The fourth-order valence-corrected chi connectivity index (χ4v) is 3.51. The first-order chi connectivity index (χ1) is 16.1. The van der Waals surface area contributed by atoms with E-state index in [9.17, 15) is 9.59 Å².